The van der Waals surface area contributed by atoms with Crippen LogP contribution in [0.25, 0.3) is 11.4 Å². The molecule has 0 spiro atoms. The number of carbonyl (C=O) groups is 1. The van der Waals surface area contributed by atoms with Gasteiger partial charge in [0.15, 0.2) is 0 Å². The SMILES string of the molecule is Cc1nc(-c2ccc(N3CCN(C(=O)NCc4ccc(F)cc4)CC3)nc2)no1. The van der Waals surface area contributed by atoms with E-state index in [1.165, 1.54) is 12.1 Å². The number of anilines is 1. The normalized spacial score (nSPS) is 14.1. The van der Waals surface area contributed by atoms with Gasteiger partial charge in [0.1, 0.15) is 11.6 Å². The van der Waals surface area contributed by atoms with Crippen molar-refractivity contribution in [3.05, 3.63) is 59.9 Å². The fourth-order valence-electron chi connectivity index (χ4n) is 3.15. The van der Waals surface area contributed by atoms with Crippen molar-refractivity contribution in [3.8, 4) is 11.4 Å². The average molecular weight is 396 g/mol. The highest BCUT2D eigenvalue weighted by molar-refractivity contribution is 5.74. The van der Waals surface area contributed by atoms with Gasteiger partial charge in [-0.1, -0.05) is 17.3 Å². The molecule has 0 radical (unpaired) electrons. The monoisotopic (exact) mass is 396 g/mol. The third kappa shape index (κ3) is 4.50. The maximum atomic E-state index is 12.9. The van der Waals surface area contributed by atoms with Crippen molar-refractivity contribution in [3.63, 3.8) is 0 Å². The Kier molecular flexibility index (Phi) is 5.37. The minimum absolute atomic E-state index is 0.121. The summed E-state index contributed by atoms with van der Waals surface area (Å²) in [6.07, 6.45) is 1.72. The van der Waals surface area contributed by atoms with Crippen LogP contribution in [0.1, 0.15) is 11.5 Å². The van der Waals surface area contributed by atoms with Gasteiger partial charge in [0, 0.05) is 51.4 Å². The first-order chi connectivity index (χ1) is 14.1. The van der Waals surface area contributed by atoms with Crippen LogP contribution in [0.5, 0.6) is 0 Å². The van der Waals surface area contributed by atoms with Crippen LogP contribution in [0.4, 0.5) is 15.0 Å². The van der Waals surface area contributed by atoms with Crippen molar-refractivity contribution >= 4 is 11.8 Å². The maximum absolute atomic E-state index is 12.9. The van der Waals surface area contributed by atoms with Gasteiger partial charge in [0.05, 0.1) is 0 Å². The molecule has 1 aliphatic rings. The number of halogens is 1. The molecule has 1 aliphatic heterocycles. The average Bonchev–Trinajstić information content (AvgIpc) is 3.20. The highest BCUT2D eigenvalue weighted by Crippen LogP contribution is 2.19. The number of hydrogen-bond donors (Lipinski definition) is 1. The van der Waals surface area contributed by atoms with Gasteiger partial charge < -0.3 is 19.6 Å². The van der Waals surface area contributed by atoms with Crippen LogP contribution in [0.3, 0.4) is 0 Å². The van der Waals surface area contributed by atoms with E-state index < -0.39 is 0 Å². The highest BCUT2D eigenvalue weighted by Gasteiger charge is 2.22. The van der Waals surface area contributed by atoms with E-state index in [2.05, 4.69) is 25.3 Å². The van der Waals surface area contributed by atoms with Gasteiger partial charge in [0.2, 0.25) is 11.7 Å². The van der Waals surface area contributed by atoms with Crippen LogP contribution < -0.4 is 10.2 Å². The molecule has 0 saturated carbocycles. The number of piperazine rings is 1. The second kappa shape index (κ2) is 8.26. The van der Waals surface area contributed by atoms with Crippen molar-refractivity contribution in [1.29, 1.82) is 0 Å². The van der Waals surface area contributed by atoms with E-state index >= 15 is 0 Å². The summed E-state index contributed by atoms with van der Waals surface area (Å²) in [7, 11) is 0. The molecule has 0 unspecified atom stereocenters. The molecule has 9 heteroatoms. The summed E-state index contributed by atoms with van der Waals surface area (Å²) >= 11 is 0. The second-order valence-corrected chi connectivity index (χ2v) is 6.80. The summed E-state index contributed by atoms with van der Waals surface area (Å²) in [5.41, 5.74) is 1.66. The quantitative estimate of drug-likeness (QED) is 0.729. The van der Waals surface area contributed by atoms with E-state index in [1.807, 2.05) is 12.1 Å². The molecule has 29 heavy (non-hydrogen) atoms. The summed E-state index contributed by atoms with van der Waals surface area (Å²) in [6.45, 7) is 4.70. The van der Waals surface area contributed by atoms with Crippen molar-refractivity contribution in [2.24, 2.45) is 0 Å². The minimum atomic E-state index is -0.287. The number of aryl methyl sites for hydroxylation is 1. The number of pyridine rings is 1. The Labute approximate surface area is 167 Å². The van der Waals surface area contributed by atoms with Crippen LogP contribution in [0.2, 0.25) is 0 Å². The lowest BCUT2D eigenvalue weighted by molar-refractivity contribution is 0.194. The van der Waals surface area contributed by atoms with E-state index in [4.69, 9.17) is 4.52 Å². The third-order valence-electron chi connectivity index (χ3n) is 4.78. The first kappa shape index (κ1) is 18.9. The molecule has 1 aromatic carbocycles. The van der Waals surface area contributed by atoms with Crippen LogP contribution >= 0.6 is 0 Å². The number of benzene rings is 1. The molecule has 3 heterocycles. The third-order valence-corrected chi connectivity index (χ3v) is 4.78. The van der Waals surface area contributed by atoms with E-state index in [1.54, 1.807) is 30.2 Å². The van der Waals surface area contributed by atoms with E-state index in [0.717, 1.165) is 16.9 Å². The number of carbonyl (C=O) groups excluding carboxylic acids is 1. The Morgan fingerprint density at radius 3 is 2.52 bits per heavy atom. The molecule has 0 aliphatic carbocycles. The lowest BCUT2D eigenvalue weighted by Crippen LogP contribution is -2.51. The second-order valence-electron chi connectivity index (χ2n) is 6.80. The van der Waals surface area contributed by atoms with E-state index in [0.29, 0.717) is 44.4 Å². The zero-order valence-corrected chi connectivity index (χ0v) is 16.0. The van der Waals surface area contributed by atoms with Gasteiger partial charge in [0.25, 0.3) is 0 Å². The van der Waals surface area contributed by atoms with Crippen LogP contribution in [0.15, 0.2) is 47.1 Å². The number of rotatable bonds is 4. The standard InChI is InChI=1S/C20H21FN6O2/c1-14-24-19(25-29-14)16-4-7-18(22-13-16)26-8-10-27(11-9-26)20(28)23-12-15-2-5-17(21)6-3-15/h2-7,13H,8-12H2,1H3,(H,23,28). The molecule has 1 N–H and O–H groups in total. The van der Waals surface area contributed by atoms with Crippen LogP contribution in [-0.4, -0.2) is 52.2 Å². The Hall–Kier alpha value is -3.49. The zero-order chi connectivity index (χ0) is 20.2. The number of urea groups is 1. The minimum Gasteiger partial charge on any atom is -0.353 e. The number of nitrogens with zero attached hydrogens (tertiary/aromatic N) is 5. The zero-order valence-electron chi connectivity index (χ0n) is 16.0. The van der Waals surface area contributed by atoms with Gasteiger partial charge in [-0.25, -0.2) is 14.2 Å². The molecule has 150 valence electrons. The van der Waals surface area contributed by atoms with E-state index in [-0.39, 0.29) is 11.8 Å². The Morgan fingerprint density at radius 1 is 1.14 bits per heavy atom. The first-order valence-corrected chi connectivity index (χ1v) is 9.37. The van der Waals surface area contributed by atoms with Gasteiger partial charge in [-0.3, -0.25) is 0 Å². The number of nitrogens with one attached hydrogen (secondary N) is 1. The number of amides is 2. The molecule has 1 fully saturated rings. The van der Waals surface area contributed by atoms with Crippen molar-refractivity contribution in [2.45, 2.75) is 13.5 Å². The van der Waals surface area contributed by atoms with Crippen LogP contribution in [0, 0.1) is 12.7 Å². The van der Waals surface area contributed by atoms with Crippen LogP contribution in [-0.2, 0) is 6.54 Å². The lowest BCUT2D eigenvalue weighted by Gasteiger charge is -2.35. The predicted molar refractivity (Wildman–Crippen MR) is 105 cm³/mol. The van der Waals surface area contributed by atoms with Gasteiger partial charge >= 0.3 is 6.03 Å². The summed E-state index contributed by atoms with van der Waals surface area (Å²) in [4.78, 5) is 25.0. The molecular formula is C20H21FN6O2. The lowest BCUT2D eigenvalue weighted by atomic mass is 10.2. The summed E-state index contributed by atoms with van der Waals surface area (Å²) < 4.78 is 17.9. The highest BCUT2D eigenvalue weighted by atomic mass is 19.1. The summed E-state index contributed by atoms with van der Waals surface area (Å²) in [6, 6.07) is 9.82. The van der Waals surface area contributed by atoms with Gasteiger partial charge in [-0.05, 0) is 29.8 Å². The molecular weight excluding hydrogens is 375 g/mol. The van der Waals surface area contributed by atoms with Gasteiger partial charge in [-0.15, -0.1) is 0 Å². The number of hydrogen-bond acceptors (Lipinski definition) is 6. The van der Waals surface area contributed by atoms with Crippen molar-refractivity contribution in [1.82, 2.24) is 25.3 Å². The molecule has 1 saturated heterocycles. The topological polar surface area (TPSA) is 87.4 Å². The smallest absolute Gasteiger partial charge is 0.317 e. The molecule has 4 rings (SSSR count). The van der Waals surface area contributed by atoms with Crippen molar-refractivity contribution < 1.29 is 13.7 Å². The number of aromatic nitrogens is 3. The predicted octanol–water partition coefficient (Wildman–Crippen LogP) is 2.61. The maximum Gasteiger partial charge on any atom is 0.317 e. The molecule has 8 nitrogen and oxygen atoms in total. The fraction of sp³-hybridized carbons (Fsp3) is 0.300. The molecule has 3 aromatic rings. The Balaban J connectivity index is 1.28. The molecule has 0 atom stereocenters. The summed E-state index contributed by atoms with van der Waals surface area (Å²) in [5.74, 6) is 1.59. The first-order valence-electron chi connectivity index (χ1n) is 9.37. The fourth-order valence-corrected chi connectivity index (χ4v) is 3.15. The molecule has 2 amide bonds. The largest absolute Gasteiger partial charge is 0.353 e. The molecule has 2 aromatic heterocycles. The van der Waals surface area contributed by atoms with Crippen molar-refractivity contribution in [2.75, 3.05) is 31.1 Å². The Bertz CT molecular complexity index is 965. The molecule has 0 bridgehead atoms. The van der Waals surface area contributed by atoms with E-state index in [9.17, 15) is 9.18 Å². The Morgan fingerprint density at radius 2 is 1.90 bits per heavy atom. The van der Waals surface area contributed by atoms with Gasteiger partial charge in [-0.2, -0.15) is 4.98 Å². The summed E-state index contributed by atoms with van der Waals surface area (Å²) in [5, 5.41) is 6.77.